The highest BCUT2D eigenvalue weighted by atomic mass is 19.1. The van der Waals surface area contributed by atoms with E-state index in [0.717, 1.165) is 25.2 Å². The van der Waals surface area contributed by atoms with Crippen LogP contribution >= 0.6 is 0 Å². The lowest BCUT2D eigenvalue weighted by molar-refractivity contribution is 0.111. The van der Waals surface area contributed by atoms with E-state index in [1.54, 1.807) is 0 Å². The lowest BCUT2D eigenvalue weighted by Gasteiger charge is -2.18. The number of ether oxygens (including phenoxy) is 1. The largest absolute Gasteiger partial charge is 0.371 e. The number of hydrogen-bond acceptors (Lipinski definition) is 3. The molecular formula is C12H17FN2O. The van der Waals surface area contributed by atoms with E-state index in [9.17, 15) is 4.39 Å². The molecule has 1 saturated heterocycles. The maximum atomic E-state index is 12.8. The van der Waals surface area contributed by atoms with Crippen molar-refractivity contribution in [3.05, 3.63) is 30.1 Å². The van der Waals surface area contributed by atoms with E-state index < -0.39 is 0 Å². The van der Waals surface area contributed by atoms with Crippen LogP contribution in [-0.4, -0.2) is 26.4 Å². The van der Waals surface area contributed by atoms with Gasteiger partial charge in [-0.2, -0.15) is 0 Å². The lowest BCUT2D eigenvalue weighted by Crippen LogP contribution is -2.21. The smallest absolute Gasteiger partial charge is 0.123 e. The second-order valence-corrected chi connectivity index (χ2v) is 4.11. The quantitative estimate of drug-likeness (QED) is 0.789. The molecule has 0 bridgehead atoms. The fourth-order valence-corrected chi connectivity index (χ4v) is 2.09. The number of benzene rings is 1. The minimum absolute atomic E-state index is 0.189. The molecule has 1 fully saturated rings. The lowest BCUT2D eigenvalue weighted by atomic mass is 10.1. The van der Waals surface area contributed by atoms with Gasteiger partial charge >= 0.3 is 0 Å². The first kappa shape index (κ1) is 11.4. The Morgan fingerprint density at radius 1 is 1.38 bits per heavy atom. The van der Waals surface area contributed by atoms with Crippen LogP contribution in [0.1, 0.15) is 6.42 Å². The van der Waals surface area contributed by atoms with E-state index in [0.29, 0.717) is 12.5 Å². The van der Waals surface area contributed by atoms with Crippen LogP contribution < -0.4 is 10.6 Å². The van der Waals surface area contributed by atoms with Crippen LogP contribution in [-0.2, 0) is 4.74 Å². The number of rotatable bonds is 4. The molecule has 2 N–H and O–H groups in total. The minimum Gasteiger partial charge on any atom is -0.371 e. The summed E-state index contributed by atoms with van der Waals surface area (Å²) in [5, 5.41) is 0. The molecule has 1 atom stereocenters. The third kappa shape index (κ3) is 2.71. The topological polar surface area (TPSA) is 38.5 Å². The Balaban J connectivity index is 1.90. The molecule has 0 aromatic heterocycles. The molecule has 0 amide bonds. The third-order valence-electron chi connectivity index (χ3n) is 2.95. The monoisotopic (exact) mass is 224 g/mol. The number of anilines is 1. The highest BCUT2D eigenvalue weighted by Gasteiger charge is 2.22. The summed E-state index contributed by atoms with van der Waals surface area (Å²) in [7, 11) is 0. The van der Waals surface area contributed by atoms with E-state index in [2.05, 4.69) is 4.90 Å². The molecule has 2 rings (SSSR count). The van der Waals surface area contributed by atoms with Gasteiger partial charge in [0.1, 0.15) is 5.82 Å². The van der Waals surface area contributed by atoms with Gasteiger partial charge in [0.25, 0.3) is 0 Å². The summed E-state index contributed by atoms with van der Waals surface area (Å²) < 4.78 is 18.0. The van der Waals surface area contributed by atoms with Gasteiger partial charge in [-0.25, -0.2) is 4.39 Å². The maximum absolute atomic E-state index is 12.8. The second kappa shape index (κ2) is 5.27. The molecule has 1 aromatic carbocycles. The second-order valence-electron chi connectivity index (χ2n) is 4.11. The Hall–Kier alpha value is -1.13. The van der Waals surface area contributed by atoms with Crippen molar-refractivity contribution >= 4 is 5.69 Å². The zero-order valence-corrected chi connectivity index (χ0v) is 9.23. The predicted molar refractivity (Wildman–Crippen MR) is 61.7 cm³/mol. The summed E-state index contributed by atoms with van der Waals surface area (Å²) in [4.78, 5) is 2.25. The average molecular weight is 224 g/mol. The zero-order valence-electron chi connectivity index (χ0n) is 9.23. The van der Waals surface area contributed by atoms with Crippen molar-refractivity contribution < 1.29 is 9.13 Å². The molecule has 3 nitrogen and oxygen atoms in total. The SMILES string of the molecule is NCOC[C@H]1CCN(c2ccc(F)cc2)C1. The summed E-state index contributed by atoms with van der Waals surface area (Å²) in [6.45, 7) is 2.97. The van der Waals surface area contributed by atoms with Crippen LogP contribution in [0.3, 0.4) is 0 Å². The summed E-state index contributed by atoms with van der Waals surface area (Å²) in [5.41, 5.74) is 6.37. The van der Waals surface area contributed by atoms with E-state index in [1.807, 2.05) is 12.1 Å². The van der Waals surface area contributed by atoms with Crippen molar-refractivity contribution in [3.8, 4) is 0 Å². The van der Waals surface area contributed by atoms with Crippen molar-refractivity contribution in [2.24, 2.45) is 11.7 Å². The number of hydrogen-bond donors (Lipinski definition) is 1. The van der Waals surface area contributed by atoms with Crippen LogP contribution in [0.15, 0.2) is 24.3 Å². The van der Waals surface area contributed by atoms with Gasteiger partial charge in [-0.3, -0.25) is 0 Å². The van der Waals surface area contributed by atoms with Gasteiger partial charge < -0.3 is 15.4 Å². The fourth-order valence-electron chi connectivity index (χ4n) is 2.09. The normalized spacial score (nSPS) is 20.4. The van der Waals surface area contributed by atoms with Gasteiger partial charge in [0.15, 0.2) is 0 Å². The van der Waals surface area contributed by atoms with Crippen LogP contribution in [0.5, 0.6) is 0 Å². The van der Waals surface area contributed by atoms with Crippen LogP contribution in [0.4, 0.5) is 10.1 Å². The average Bonchev–Trinajstić information content (AvgIpc) is 2.76. The van der Waals surface area contributed by atoms with Crippen molar-refractivity contribution in [1.82, 2.24) is 0 Å². The van der Waals surface area contributed by atoms with E-state index in [-0.39, 0.29) is 12.5 Å². The summed E-state index contributed by atoms with van der Waals surface area (Å²) in [5.74, 6) is 0.347. The molecule has 4 heteroatoms. The maximum Gasteiger partial charge on any atom is 0.123 e. The summed E-state index contributed by atoms with van der Waals surface area (Å²) >= 11 is 0. The van der Waals surface area contributed by atoms with Crippen molar-refractivity contribution in [3.63, 3.8) is 0 Å². The van der Waals surface area contributed by atoms with E-state index in [1.165, 1.54) is 12.1 Å². The Morgan fingerprint density at radius 3 is 2.81 bits per heavy atom. The highest BCUT2D eigenvalue weighted by Crippen LogP contribution is 2.23. The number of nitrogens with two attached hydrogens (primary N) is 1. The van der Waals surface area contributed by atoms with Gasteiger partial charge in [-0.1, -0.05) is 0 Å². The molecule has 1 aromatic rings. The van der Waals surface area contributed by atoms with Gasteiger partial charge in [0.2, 0.25) is 0 Å². The predicted octanol–water partition coefficient (Wildman–Crippen LogP) is 1.58. The number of halogens is 1. The molecule has 0 saturated carbocycles. The third-order valence-corrected chi connectivity index (χ3v) is 2.95. The molecule has 88 valence electrons. The molecule has 0 radical (unpaired) electrons. The molecule has 1 heterocycles. The molecule has 0 unspecified atom stereocenters. The van der Waals surface area contributed by atoms with E-state index in [4.69, 9.17) is 10.5 Å². The molecular weight excluding hydrogens is 207 g/mol. The van der Waals surface area contributed by atoms with Crippen molar-refractivity contribution in [1.29, 1.82) is 0 Å². The molecule has 1 aliphatic heterocycles. The van der Waals surface area contributed by atoms with Crippen molar-refractivity contribution in [2.75, 3.05) is 31.3 Å². The van der Waals surface area contributed by atoms with Crippen molar-refractivity contribution in [2.45, 2.75) is 6.42 Å². The molecule has 0 aliphatic carbocycles. The Labute approximate surface area is 95.0 Å². The highest BCUT2D eigenvalue weighted by molar-refractivity contribution is 5.47. The van der Waals surface area contributed by atoms with Gasteiger partial charge in [0, 0.05) is 24.7 Å². The minimum atomic E-state index is -0.189. The first-order valence-corrected chi connectivity index (χ1v) is 5.58. The van der Waals surface area contributed by atoms with Gasteiger partial charge in [0.05, 0.1) is 13.3 Å². The Kier molecular flexibility index (Phi) is 3.74. The summed E-state index contributed by atoms with van der Waals surface area (Å²) in [6.07, 6.45) is 1.11. The zero-order chi connectivity index (χ0) is 11.4. The van der Waals surface area contributed by atoms with Crippen LogP contribution in [0.25, 0.3) is 0 Å². The Bertz CT molecular complexity index is 328. The van der Waals surface area contributed by atoms with Crippen LogP contribution in [0, 0.1) is 11.7 Å². The first-order chi connectivity index (χ1) is 7.79. The summed E-state index contributed by atoms with van der Waals surface area (Å²) in [6, 6.07) is 6.64. The van der Waals surface area contributed by atoms with E-state index >= 15 is 0 Å². The molecule has 16 heavy (non-hydrogen) atoms. The number of nitrogens with zero attached hydrogens (tertiary/aromatic N) is 1. The fraction of sp³-hybridized carbons (Fsp3) is 0.500. The van der Waals surface area contributed by atoms with Gasteiger partial charge in [-0.05, 0) is 30.7 Å². The Morgan fingerprint density at radius 2 is 2.12 bits per heavy atom. The molecule has 0 spiro atoms. The molecule has 1 aliphatic rings. The van der Waals surface area contributed by atoms with Gasteiger partial charge in [-0.15, -0.1) is 0 Å². The van der Waals surface area contributed by atoms with Crippen LogP contribution in [0.2, 0.25) is 0 Å². The standard InChI is InChI=1S/C12H17FN2O/c13-11-1-3-12(4-2-11)15-6-5-10(7-15)8-16-9-14/h1-4,10H,5-9,14H2/t10-/m0/s1. The first-order valence-electron chi connectivity index (χ1n) is 5.58.